The third kappa shape index (κ3) is 4.22. The standard InChI is InChI=1S/C19H26F2N2O2/c1-18(2,3)25-17(24)23-8-6-19(7-9-23)11-14(12-19)22-13-4-5-15(20)16(21)10-13/h4-5,10,14,22H,6-9,11-12H2,1-3H3. The molecule has 6 heteroatoms. The molecule has 1 saturated carbocycles. The number of hydrogen-bond acceptors (Lipinski definition) is 3. The Morgan fingerprint density at radius 3 is 2.40 bits per heavy atom. The average Bonchev–Trinajstić information content (AvgIpc) is 2.48. The van der Waals surface area contributed by atoms with E-state index in [2.05, 4.69) is 5.32 Å². The minimum Gasteiger partial charge on any atom is -0.444 e. The number of likely N-dealkylation sites (tertiary alicyclic amines) is 1. The van der Waals surface area contributed by atoms with Crippen LogP contribution < -0.4 is 5.32 Å². The van der Waals surface area contributed by atoms with Crippen molar-refractivity contribution in [2.24, 2.45) is 5.41 Å². The number of carbonyl (C=O) groups excluding carboxylic acids is 1. The Balaban J connectivity index is 1.46. The van der Waals surface area contributed by atoms with Crippen LogP contribution in [0.5, 0.6) is 0 Å². The molecule has 138 valence electrons. The molecule has 1 amide bonds. The zero-order valence-corrected chi connectivity index (χ0v) is 15.1. The van der Waals surface area contributed by atoms with Crippen LogP contribution in [0.3, 0.4) is 0 Å². The highest BCUT2D eigenvalue weighted by atomic mass is 19.2. The molecule has 0 atom stereocenters. The summed E-state index contributed by atoms with van der Waals surface area (Å²) in [5.41, 5.74) is 0.404. The zero-order chi connectivity index (χ0) is 18.2. The van der Waals surface area contributed by atoms with E-state index in [1.165, 1.54) is 6.07 Å². The first kappa shape index (κ1) is 18.0. The summed E-state index contributed by atoms with van der Waals surface area (Å²) in [6.45, 7) is 7.05. The van der Waals surface area contributed by atoms with Crippen molar-refractivity contribution in [3.05, 3.63) is 29.8 Å². The van der Waals surface area contributed by atoms with Crippen LogP contribution >= 0.6 is 0 Å². The minimum absolute atomic E-state index is 0.238. The second kappa shape index (κ2) is 6.46. The van der Waals surface area contributed by atoms with E-state index >= 15 is 0 Å². The molecule has 1 saturated heterocycles. The van der Waals surface area contributed by atoms with Gasteiger partial charge >= 0.3 is 6.09 Å². The van der Waals surface area contributed by atoms with Gasteiger partial charge in [0.2, 0.25) is 0 Å². The Kier molecular flexibility index (Phi) is 4.64. The number of halogens is 2. The number of rotatable bonds is 2. The van der Waals surface area contributed by atoms with Crippen LogP contribution in [0.1, 0.15) is 46.5 Å². The summed E-state index contributed by atoms with van der Waals surface area (Å²) < 4.78 is 31.7. The lowest BCUT2D eigenvalue weighted by molar-refractivity contribution is -0.00859. The van der Waals surface area contributed by atoms with Gasteiger partial charge < -0.3 is 15.0 Å². The fourth-order valence-corrected chi connectivity index (χ4v) is 3.81. The molecule has 4 nitrogen and oxygen atoms in total. The Morgan fingerprint density at radius 1 is 1.20 bits per heavy atom. The van der Waals surface area contributed by atoms with E-state index in [4.69, 9.17) is 4.74 Å². The van der Waals surface area contributed by atoms with Gasteiger partial charge in [-0.2, -0.15) is 0 Å². The van der Waals surface area contributed by atoms with Crippen LogP contribution in [0.2, 0.25) is 0 Å². The van der Waals surface area contributed by atoms with Crippen molar-refractivity contribution in [2.75, 3.05) is 18.4 Å². The van der Waals surface area contributed by atoms with Gasteiger partial charge in [0.1, 0.15) is 5.60 Å². The van der Waals surface area contributed by atoms with E-state index in [-0.39, 0.29) is 17.6 Å². The summed E-state index contributed by atoms with van der Waals surface area (Å²) in [5.74, 6) is -1.66. The largest absolute Gasteiger partial charge is 0.444 e. The first-order valence-corrected chi connectivity index (χ1v) is 8.85. The Bertz CT molecular complexity index is 641. The van der Waals surface area contributed by atoms with Gasteiger partial charge in [0.05, 0.1) is 0 Å². The molecule has 1 heterocycles. The van der Waals surface area contributed by atoms with E-state index in [9.17, 15) is 13.6 Å². The predicted molar refractivity (Wildman–Crippen MR) is 92.5 cm³/mol. The van der Waals surface area contributed by atoms with E-state index in [0.29, 0.717) is 18.8 Å². The van der Waals surface area contributed by atoms with Crippen molar-refractivity contribution in [3.8, 4) is 0 Å². The maximum absolute atomic E-state index is 13.3. The van der Waals surface area contributed by atoms with Gasteiger partial charge in [0.15, 0.2) is 11.6 Å². The molecule has 0 bridgehead atoms. The molecule has 1 spiro atoms. The lowest BCUT2D eigenvalue weighted by Crippen LogP contribution is -2.53. The van der Waals surface area contributed by atoms with Crippen LogP contribution in [0.4, 0.5) is 19.3 Å². The number of amides is 1. The van der Waals surface area contributed by atoms with E-state index in [1.54, 1.807) is 11.0 Å². The number of anilines is 1. The highest BCUT2D eigenvalue weighted by Crippen LogP contribution is 2.50. The van der Waals surface area contributed by atoms with Crippen LogP contribution in [0.25, 0.3) is 0 Å². The molecule has 2 aliphatic rings. The molecule has 0 radical (unpaired) electrons. The minimum atomic E-state index is -0.829. The number of carbonyl (C=O) groups is 1. The third-order valence-corrected chi connectivity index (χ3v) is 5.13. The number of benzene rings is 1. The van der Waals surface area contributed by atoms with Gasteiger partial charge in [-0.1, -0.05) is 0 Å². The molecular weight excluding hydrogens is 326 g/mol. The molecule has 1 aromatic rings. The molecule has 0 aromatic heterocycles. The maximum Gasteiger partial charge on any atom is 0.410 e. The average molecular weight is 352 g/mol. The van der Waals surface area contributed by atoms with Crippen molar-refractivity contribution in [3.63, 3.8) is 0 Å². The van der Waals surface area contributed by atoms with Crippen LogP contribution in [-0.2, 0) is 4.74 Å². The smallest absolute Gasteiger partial charge is 0.410 e. The van der Waals surface area contributed by atoms with Crippen LogP contribution in [0.15, 0.2) is 18.2 Å². The summed E-state index contributed by atoms with van der Waals surface area (Å²) >= 11 is 0. The maximum atomic E-state index is 13.3. The van der Waals surface area contributed by atoms with Gasteiger partial charge in [-0.25, -0.2) is 13.6 Å². The molecule has 3 rings (SSSR count). The second-order valence-corrected chi connectivity index (χ2v) is 8.35. The Morgan fingerprint density at radius 2 is 1.84 bits per heavy atom. The molecule has 1 aliphatic carbocycles. The topological polar surface area (TPSA) is 41.6 Å². The first-order valence-electron chi connectivity index (χ1n) is 8.85. The quantitative estimate of drug-likeness (QED) is 0.848. The summed E-state index contributed by atoms with van der Waals surface area (Å²) in [7, 11) is 0. The van der Waals surface area contributed by atoms with E-state index in [0.717, 1.165) is 31.7 Å². The monoisotopic (exact) mass is 352 g/mol. The van der Waals surface area contributed by atoms with Gasteiger partial charge in [-0.05, 0) is 64.0 Å². The van der Waals surface area contributed by atoms with Crippen molar-refractivity contribution >= 4 is 11.8 Å². The number of nitrogens with zero attached hydrogens (tertiary/aromatic N) is 1. The molecule has 1 aliphatic heterocycles. The lowest BCUT2D eigenvalue weighted by atomic mass is 9.60. The van der Waals surface area contributed by atoms with Gasteiger partial charge in [-0.15, -0.1) is 0 Å². The summed E-state index contributed by atoms with van der Waals surface area (Å²) in [6.07, 6.45) is 3.67. The number of nitrogens with one attached hydrogen (secondary N) is 1. The number of piperidine rings is 1. The molecule has 2 fully saturated rings. The van der Waals surface area contributed by atoms with Gasteiger partial charge in [-0.3, -0.25) is 0 Å². The van der Waals surface area contributed by atoms with Gasteiger partial charge in [0, 0.05) is 30.9 Å². The molecule has 1 N–H and O–H groups in total. The highest BCUT2D eigenvalue weighted by Gasteiger charge is 2.46. The van der Waals surface area contributed by atoms with Crippen molar-refractivity contribution in [2.45, 2.75) is 58.1 Å². The number of hydrogen-bond donors (Lipinski definition) is 1. The summed E-state index contributed by atoms with van der Waals surface area (Å²) in [6, 6.07) is 4.18. The zero-order valence-electron chi connectivity index (χ0n) is 15.1. The van der Waals surface area contributed by atoms with Crippen molar-refractivity contribution in [1.29, 1.82) is 0 Å². The normalized spacial score (nSPS) is 20.3. The van der Waals surface area contributed by atoms with Gasteiger partial charge in [0.25, 0.3) is 0 Å². The molecular formula is C19H26F2N2O2. The second-order valence-electron chi connectivity index (χ2n) is 8.35. The summed E-state index contributed by atoms with van der Waals surface area (Å²) in [5, 5.41) is 3.27. The summed E-state index contributed by atoms with van der Waals surface area (Å²) in [4.78, 5) is 13.9. The SMILES string of the molecule is CC(C)(C)OC(=O)N1CCC2(CC1)CC(Nc1ccc(F)c(F)c1)C2. The van der Waals surface area contributed by atoms with Crippen LogP contribution in [-0.4, -0.2) is 35.7 Å². The third-order valence-electron chi connectivity index (χ3n) is 5.13. The Labute approximate surface area is 147 Å². The lowest BCUT2D eigenvalue weighted by Gasteiger charge is -2.52. The predicted octanol–water partition coefficient (Wildman–Crippen LogP) is 4.56. The van der Waals surface area contributed by atoms with E-state index in [1.807, 2.05) is 20.8 Å². The Hall–Kier alpha value is -1.85. The highest BCUT2D eigenvalue weighted by molar-refractivity contribution is 5.68. The van der Waals surface area contributed by atoms with Crippen molar-refractivity contribution in [1.82, 2.24) is 4.90 Å². The van der Waals surface area contributed by atoms with E-state index < -0.39 is 17.2 Å². The molecule has 1 aromatic carbocycles. The number of ether oxygens (including phenoxy) is 1. The first-order chi connectivity index (χ1) is 11.7. The fourth-order valence-electron chi connectivity index (χ4n) is 3.81. The molecule has 25 heavy (non-hydrogen) atoms. The molecule has 0 unspecified atom stereocenters. The fraction of sp³-hybridized carbons (Fsp3) is 0.632. The van der Waals surface area contributed by atoms with Crippen LogP contribution in [0, 0.1) is 17.0 Å². The van der Waals surface area contributed by atoms with Crippen molar-refractivity contribution < 1.29 is 18.3 Å².